The number of para-hydroxylation sites is 1. The van der Waals surface area contributed by atoms with E-state index in [9.17, 15) is 4.79 Å². The first-order valence-corrected chi connectivity index (χ1v) is 11.1. The molecule has 0 aromatic heterocycles. The van der Waals surface area contributed by atoms with Gasteiger partial charge in [0.05, 0.1) is 13.7 Å². The summed E-state index contributed by atoms with van der Waals surface area (Å²) in [6, 6.07) is 26.7. The number of nitrogens with one attached hydrogen (secondary N) is 1. The molecule has 0 radical (unpaired) electrons. The van der Waals surface area contributed by atoms with Gasteiger partial charge in [-0.1, -0.05) is 60.7 Å². The molecule has 0 aliphatic carbocycles. The molecule has 3 aromatic carbocycles. The van der Waals surface area contributed by atoms with Crippen LogP contribution >= 0.6 is 0 Å². The maximum absolute atomic E-state index is 12.8. The highest BCUT2D eigenvalue weighted by molar-refractivity contribution is 5.81. The second-order valence-electron chi connectivity index (χ2n) is 8.71. The van der Waals surface area contributed by atoms with Gasteiger partial charge < -0.3 is 19.7 Å². The molecule has 5 nitrogen and oxygen atoms in total. The van der Waals surface area contributed by atoms with Crippen molar-refractivity contribution in [1.29, 1.82) is 0 Å². The molecule has 2 unspecified atom stereocenters. The first-order valence-electron chi connectivity index (χ1n) is 11.1. The number of benzene rings is 3. The van der Waals surface area contributed by atoms with E-state index in [1.807, 2.05) is 42.5 Å². The third-order valence-corrected chi connectivity index (χ3v) is 6.58. The van der Waals surface area contributed by atoms with Crippen LogP contribution in [0.2, 0.25) is 0 Å². The molecular weight excluding hydrogens is 400 g/mol. The summed E-state index contributed by atoms with van der Waals surface area (Å²) in [4.78, 5) is 15.2. The number of nitrogens with zero attached hydrogens (tertiary/aromatic N) is 1. The lowest BCUT2D eigenvalue weighted by Gasteiger charge is -2.24. The monoisotopic (exact) mass is 428 g/mol. The van der Waals surface area contributed by atoms with Gasteiger partial charge in [-0.3, -0.25) is 4.79 Å². The molecule has 0 saturated carbocycles. The van der Waals surface area contributed by atoms with Crippen molar-refractivity contribution in [3.8, 4) is 5.75 Å². The van der Waals surface area contributed by atoms with Crippen LogP contribution in [0.4, 0.5) is 5.69 Å². The van der Waals surface area contributed by atoms with Crippen molar-refractivity contribution in [2.45, 2.75) is 31.0 Å². The zero-order chi connectivity index (χ0) is 22.0. The van der Waals surface area contributed by atoms with Crippen molar-refractivity contribution in [3.63, 3.8) is 0 Å². The van der Waals surface area contributed by atoms with E-state index in [4.69, 9.17) is 9.47 Å². The van der Waals surface area contributed by atoms with Gasteiger partial charge in [-0.05, 0) is 41.3 Å². The molecule has 1 fully saturated rings. The Morgan fingerprint density at radius 1 is 1.03 bits per heavy atom. The first-order chi connectivity index (χ1) is 15.7. The van der Waals surface area contributed by atoms with E-state index < -0.39 is 6.10 Å². The number of ether oxygens (including phenoxy) is 2. The van der Waals surface area contributed by atoms with E-state index in [0.717, 1.165) is 24.4 Å². The van der Waals surface area contributed by atoms with E-state index in [-0.39, 0.29) is 11.3 Å². The van der Waals surface area contributed by atoms with Gasteiger partial charge in [-0.2, -0.15) is 0 Å². The highest BCUT2D eigenvalue weighted by atomic mass is 16.5. The second-order valence-corrected chi connectivity index (χ2v) is 8.71. The smallest absolute Gasteiger partial charge is 0.249 e. The number of carbonyl (C=O) groups is 1. The van der Waals surface area contributed by atoms with E-state index >= 15 is 0 Å². The van der Waals surface area contributed by atoms with Crippen LogP contribution in [0.15, 0.2) is 78.9 Å². The fourth-order valence-electron chi connectivity index (χ4n) is 4.92. The number of amides is 1. The summed E-state index contributed by atoms with van der Waals surface area (Å²) in [6.07, 6.45) is 0.275. The Bertz CT molecular complexity index is 1080. The van der Waals surface area contributed by atoms with Gasteiger partial charge >= 0.3 is 0 Å². The standard InChI is InChI=1S/C27H28N2O3/c1-31-22-13-11-21(12-14-22)17-29-18-27(23-9-5-6-10-24(23)29)15-25(32-19-27)26(30)28-16-20-7-3-2-4-8-20/h2-14,25H,15-19H2,1H3,(H,28,30). The van der Waals surface area contributed by atoms with Crippen molar-refractivity contribution in [2.24, 2.45) is 0 Å². The van der Waals surface area contributed by atoms with Crippen LogP contribution in [0.3, 0.4) is 0 Å². The van der Waals surface area contributed by atoms with Crippen LogP contribution in [-0.4, -0.2) is 32.3 Å². The fraction of sp³-hybridized carbons (Fsp3) is 0.296. The van der Waals surface area contributed by atoms with Crippen molar-refractivity contribution in [1.82, 2.24) is 5.32 Å². The summed E-state index contributed by atoms with van der Waals surface area (Å²) in [5.41, 5.74) is 4.68. The Hall–Kier alpha value is -3.31. The first kappa shape index (κ1) is 20.6. The molecule has 0 bridgehead atoms. The third kappa shape index (κ3) is 3.96. The molecule has 2 aliphatic rings. The van der Waals surface area contributed by atoms with Crippen LogP contribution in [0.25, 0.3) is 0 Å². The fourth-order valence-corrected chi connectivity index (χ4v) is 4.92. The Labute approximate surface area is 189 Å². The lowest BCUT2D eigenvalue weighted by molar-refractivity contribution is -0.130. The highest BCUT2D eigenvalue weighted by Gasteiger charge is 2.50. The molecule has 2 heterocycles. The molecule has 32 heavy (non-hydrogen) atoms. The molecule has 5 rings (SSSR count). The molecule has 1 amide bonds. The van der Waals surface area contributed by atoms with E-state index in [0.29, 0.717) is 19.6 Å². The molecule has 1 N–H and O–H groups in total. The summed E-state index contributed by atoms with van der Waals surface area (Å²) in [6.45, 7) is 2.74. The number of methoxy groups -OCH3 is 1. The molecule has 3 aromatic rings. The summed E-state index contributed by atoms with van der Waals surface area (Å²) in [7, 11) is 1.68. The Kier molecular flexibility index (Phi) is 5.58. The van der Waals surface area contributed by atoms with Gasteiger partial charge in [-0.25, -0.2) is 0 Å². The third-order valence-electron chi connectivity index (χ3n) is 6.58. The van der Waals surface area contributed by atoms with Crippen molar-refractivity contribution in [3.05, 3.63) is 95.6 Å². The number of carbonyl (C=O) groups excluding carboxylic acids is 1. The molecule has 1 saturated heterocycles. The minimum atomic E-state index is -0.423. The van der Waals surface area contributed by atoms with Crippen LogP contribution in [-0.2, 0) is 28.0 Å². The highest BCUT2D eigenvalue weighted by Crippen LogP contribution is 2.47. The quantitative estimate of drug-likeness (QED) is 0.643. The van der Waals surface area contributed by atoms with Gasteiger partial charge in [0.25, 0.3) is 0 Å². The van der Waals surface area contributed by atoms with Crippen molar-refractivity contribution in [2.75, 3.05) is 25.2 Å². The zero-order valence-corrected chi connectivity index (χ0v) is 18.3. The maximum Gasteiger partial charge on any atom is 0.249 e. The lowest BCUT2D eigenvalue weighted by Crippen LogP contribution is -2.37. The average Bonchev–Trinajstić information content (AvgIpc) is 3.41. The predicted octanol–water partition coefficient (Wildman–Crippen LogP) is 4.06. The van der Waals surface area contributed by atoms with Gasteiger partial charge in [0.2, 0.25) is 5.91 Å². The van der Waals surface area contributed by atoms with Crippen LogP contribution in [0.1, 0.15) is 23.1 Å². The number of rotatable bonds is 6. The number of hydrogen-bond acceptors (Lipinski definition) is 4. The average molecular weight is 429 g/mol. The SMILES string of the molecule is COc1ccc(CN2CC3(COC(C(=O)NCc4ccccc4)C3)c3ccccc32)cc1. The van der Waals surface area contributed by atoms with E-state index in [1.54, 1.807) is 7.11 Å². The van der Waals surface area contributed by atoms with E-state index in [1.165, 1.54) is 16.8 Å². The van der Waals surface area contributed by atoms with Crippen molar-refractivity contribution >= 4 is 11.6 Å². The normalized spacial score (nSPS) is 21.5. The molecule has 1 spiro atoms. The van der Waals surface area contributed by atoms with Crippen LogP contribution in [0.5, 0.6) is 5.75 Å². The Balaban J connectivity index is 1.29. The summed E-state index contributed by atoms with van der Waals surface area (Å²) < 4.78 is 11.4. The van der Waals surface area contributed by atoms with Crippen LogP contribution in [0, 0.1) is 0 Å². The number of fused-ring (bicyclic) bond motifs is 2. The molecular formula is C27H28N2O3. The number of anilines is 1. The summed E-state index contributed by atoms with van der Waals surface area (Å²) >= 11 is 0. The van der Waals surface area contributed by atoms with E-state index in [2.05, 4.69) is 46.6 Å². The molecule has 2 aliphatic heterocycles. The topological polar surface area (TPSA) is 50.8 Å². The Morgan fingerprint density at radius 2 is 1.78 bits per heavy atom. The zero-order valence-electron chi connectivity index (χ0n) is 18.3. The molecule has 2 atom stereocenters. The molecule has 5 heteroatoms. The van der Waals surface area contributed by atoms with Crippen molar-refractivity contribution < 1.29 is 14.3 Å². The largest absolute Gasteiger partial charge is 0.497 e. The van der Waals surface area contributed by atoms with Gasteiger partial charge in [0.15, 0.2) is 0 Å². The van der Waals surface area contributed by atoms with Crippen LogP contribution < -0.4 is 15.0 Å². The predicted molar refractivity (Wildman–Crippen MR) is 125 cm³/mol. The summed E-state index contributed by atoms with van der Waals surface area (Å²) in [5, 5.41) is 3.04. The Morgan fingerprint density at radius 3 is 2.56 bits per heavy atom. The lowest BCUT2D eigenvalue weighted by atomic mass is 9.80. The minimum Gasteiger partial charge on any atom is -0.497 e. The minimum absolute atomic E-state index is 0.0307. The van der Waals surface area contributed by atoms with Gasteiger partial charge in [0.1, 0.15) is 11.9 Å². The maximum atomic E-state index is 12.8. The molecule has 164 valence electrons. The van der Waals surface area contributed by atoms with Gasteiger partial charge in [0, 0.05) is 30.7 Å². The van der Waals surface area contributed by atoms with Gasteiger partial charge in [-0.15, -0.1) is 0 Å². The summed E-state index contributed by atoms with van der Waals surface area (Å²) in [5.74, 6) is 0.831. The second kappa shape index (κ2) is 8.67. The number of hydrogen-bond donors (Lipinski definition) is 1.